The van der Waals surface area contributed by atoms with Crippen molar-refractivity contribution in [2.24, 2.45) is 10.7 Å². The summed E-state index contributed by atoms with van der Waals surface area (Å²) in [7, 11) is 0. The lowest BCUT2D eigenvalue weighted by molar-refractivity contribution is -0.142. The Bertz CT molecular complexity index is 1090. The van der Waals surface area contributed by atoms with Crippen molar-refractivity contribution in [3.05, 3.63) is 35.0 Å². The summed E-state index contributed by atoms with van der Waals surface area (Å²) in [5, 5.41) is 7.60. The largest absolute Gasteiger partial charge is 0.408 e. The number of nitrogens with two attached hydrogens (primary N) is 1. The molecule has 0 bridgehead atoms. The van der Waals surface area contributed by atoms with Crippen LogP contribution in [0.25, 0.3) is 11.3 Å². The minimum Gasteiger partial charge on any atom is -0.378 e. The number of ether oxygens (including phenoxy) is 1. The Balaban J connectivity index is 1.65. The number of halogens is 4. The summed E-state index contributed by atoms with van der Waals surface area (Å²) >= 11 is 6.66. The lowest BCUT2D eigenvalue weighted by Gasteiger charge is -2.41. The molecule has 0 spiro atoms. The van der Waals surface area contributed by atoms with E-state index in [1.165, 1.54) is 6.20 Å². The van der Waals surface area contributed by atoms with E-state index in [-0.39, 0.29) is 41.1 Å². The van der Waals surface area contributed by atoms with Crippen molar-refractivity contribution < 1.29 is 22.7 Å². The van der Waals surface area contributed by atoms with Gasteiger partial charge in [0.25, 0.3) is 0 Å². The Morgan fingerprint density at radius 1 is 1.36 bits per heavy atom. The van der Waals surface area contributed by atoms with E-state index < -0.39 is 18.3 Å². The number of carbonyl (C=O) groups is 1. The van der Waals surface area contributed by atoms with Gasteiger partial charge in [-0.2, -0.15) is 13.2 Å². The third kappa shape index (κ3) is 4.84. The highest BCUT2D eigenvalue weighted by Gasteiger charge is 2.42. The number of nitrogens with zero attached hydrogens (tertiary/aromatic N) is 5. The van der Waals surface area contributed by atoms with E-state index >= 15 is 0 Å². The monoisotopic (exact) mass is 484 g/mol. The summed E-state index contributed by atoms with van der Waals surface area (Å²) in [6, 6.07) is 4.96. The highest BCUT2D eigenvalue weighted by Crippen LogP contribution is 2.41. The molecule has 0 unspecified atom stereocenters. The highest BCUT2D eigenvalue weighted by molar-refractivity contribution is 6.34. The summed E-state index contributed by atoms with van der Waals surface area (Å²) in [6.45, 7) is 3.00. The van der Waals surface area contributed by atoms with E-state index in [0.717, 1.165) is 0 Å². The van der Waals surface area contributed by atoms with E-state index in [9.17, 15) is 18.0 Å². The minimum atomic E-state index is -4.42. The average Bonchev–Trinajstić information content (AvgIpc) is 3.13. The van der Waals surface area contributed by atoms with Crippen molar-refractivity contribution in [3.8, 4) is 11.3 Å². The predicted molar refractivity (Wildman–Crippen MR) is 115 cm³/mol. The Labute approximate surface area is 193 Å². The molecule has 8 nitrogen and oxygen atoms in total. The van der Waals surface area contributed by atoms with Gasteiger partial charge in [0.1, 0.15) is 12.2 Å². The fraction of sp³-hybridized carbons (Fsp3) is 0.524. The molecule has 33 heavy (non-hydrogen) atoms. The van der Waals surface area contributed by atoms with Crippen LogP contribution in [0.4, 0.5) is 13.2 Å². The number of benzene rings is 1. The van der Waals surface area contributed by atoms with Crippen molar-refractivity contribution >= 4 is 23.5 Å². The van der Waals surface area contributed by atoms with E-state index in [4.69, 9.17) is 22.1 Å². The molecule has 0 aliphatic carbocycles. The number of hydrogen-bond donors (Lipinski definition) is 1. The molecular formula is C21H24ClF3N6O2. The Morgan fingerprint density at radius 3 is 2.79 bits per heavy atom. The normalized spacial score (nSPS) is 26.4. The average molecular weight is 485 g/mol. The second-order valence-corrected chi connectivity index (χ2v) is 9.01. The van der Waals surface area contributed by atoms with Gasteiger partial charge in [-0.1, -0.05) is 35.0 Å². The van der Waals surface area contributed by atoms with Crippen molar-refractivity contribution in [2.45, 2.75) is 63.5 Å². The molecule has 12 heteroatoms. The number of aromatic nitrogens is 3. The molecule has 3 heterocycles. The van der Waals surface area contributed by atoms with Gasteiger partial charge in [-0.05, 0) is 32.3 Å². The predicted octanol–water partition coefficient (Wildman–Crippen LogP) is 3.49. The number of rotatable bonds is 4. The molecule has 0 radical (unpaired) electrons. The summed E-state index contributed by atoms with van der Waals surface area (Å²) in [5.74, 6) is -0.0490. The maximum Gasteiger partial charge on any atom is 0.408 e. The van der Waals surface area contributed by atoms with Crippen molar-refractivity contribution in [1.29, 1.82) is 0 Å². The van der Waals surface area contributed by atoms with Crippen LogP contribution >= 0.6 is 11.6 Å². The van der Waals surface area contributed by atoms with Gasteiger partial charge in [0.15, 0.2) is 5.96 Å². The van der Waals surface area contributed by atoms with Gasteiger partial charge < -0.3 is 10.5 Å². The summed E-state index contributed by atoms with van der Waals surface area (Å²) in [4.78, 5) is 19.3. The Hall–Kier alpha value is -2.66. The Morgan fingerprint density at radius 2 is 2.12 bits per heavy atom. The van der Waals surface area contributed by atoms with E-state index in [2.05, 4.69) is 15.3 Å². The smallest absolute Gasteiger partial charge is 0.378 e. The van der Waals surface area contributed by atoms with Crippen LogP contribution in [0.15, 0.2) is 29.4 Å². The summed E-state index contributed by atoms with van der Waals surface area (Å²) in [5.41, 5.74) is 6.33. The minimum absolute atomic E-state index is 0.0227. The standard InChI is InChI=1S/C21H24ClF3N6O2/c1-12-8-13(6-7-33-12)31-17(32)9-20(2,27-19(31)26)15-5-3-4-14(18(15)22)16-10-30(29-28-16)11-21(23,24)25/h3-5,10,12-13H,6-9,11H2,1-2H3,(H2,26,27)/t12-,13-,20-/m0/s1. The zero-order valence-corrected chi connectivity index (χ0v) is 18.9. The maximum atomic E-state index is 13.2. The highest BCUT2D eigenvalue weighted by atomic mass is 35.5. The van der Waals surface area contributed by atoms with Crippen molar-refractivity contribution in [1.82, 2.24) is 19.9 Å². The summed E-state index contributed by atoms with van der Waals surface area (Å²) in [6.07, 6.45) is -1.83. The second kappa shape index (κ2) is 8.60. The van der Waals surface area contributed by atoms with E-state index in [1.54, 1.807) is 30.0 Å². The van der Waals surface area contributed by atoms with Crippen LogP contribution in [0.1, 0.15) is 38.7 Å². The number of amides is 1. The molecule has 3 atom stereocenters. The number of hydrogen-bond acceptors (Lipinski definition) is 6. The van der Waals surface area contributed by atoms with Crippen molar-refractivity contribution in [2.75, 3.05) is 6.61 Å². The quantitative estimate of drug-likeness (QED) is 0.716. The van der Waals surface area contributed by atoms with Crippen LogP contribution in [-0.2, 0) is 21.6 Å². The van der Waals surface area contributed by atoms with Gasteiger partial charge in [0.2, 0.25) is 5.91 Å². The summed E-state index contributed by atoms with van der Waals surface area (Å²) < 4.78 is 44.3. The van der Waals surface area contributed by atoms with Gasteiger partial charge in [-0.3, -0.25) is 9.69 Å². The van der Waals surface area contributed by atoms with Crippen LogP contribution in [0.2, 0.25) is 5.02 Å². The van der Waals surface area contributed by atoms with Crippen LogP contribution in [-0.4, -0.2) is 56.7 Å². The first kappa shape index (κ1) is 23.5. The van der Waals surface area contributed by atoms with Gasteiger partial charge in [0.05, 0.1) is 29.3 Å². The molecule has 0 saturated carbocycles. The number of alkyl halides is 3. The second-order valence-electron chi connectivity index (χ2n) is 8.63. The zero-order chi connectivity index (χ0) is 24.0. The molecule has 2 aromatic rings. The van der Waals surface area contributed by atoms with Crippen LogP contribution in [0, 0.1) is 0 Å². The van der Waals surface area contributed by atoms with E-state index in [1.807, 2.05) is 6.92 Å². The first-order chi connectivity index (χ1) is 15.5. The molecule has 2 aliphatic heterocycles. The molecule has 1 amide bonds. The molecule has 1 aromatic heterocycles. The van der Waals surface area contributed by atoms with Crippen LogP contribution in [0.5, 0.6) is 0 Å². The molecule has 2 aliphatic rings. The molecule has 178 valence electrons. The lowest BCUT2D eigenvalue weighted by Crippen LogP contribution is -2.56. The van der Waals surface area contributed by atoms with Gasteiger partial charge in [-0.15, -0.1) is 5.10 Å². The van der Waals surface area contributed by atoms with Crippen LogP contribution < -0.4 is 5.73 Å². The van der Waals surface area contributed by atoms with E-state index in [0.29, 0.717) is 35.3 Å². The molecule has 2 N–H and O–H groups in total. The third-order valence-electron chi connectivity index (χ3n) is 5.93. The number of aliphatic imine (C=N–C) groups is 1. The zero-order valence-electron chi connectivity index (χ0n) is 18.1. The fourth-order valence-electron chi connectivity index (χ4n) is 4.44. The number of guanidine groups is 1. The first-order valence-electron chi connectivity index (χ1n) is 10.5. The molecule has 1 aromatic carbocycles. The number of carbonyl (C=O) groups excluding carboxylic acids is 1. The van der Waals surface area contributed by atoms with Crippen molar-refractivity contribution in [3.63, 3.8) is 0 Å². The Kier molecular flexibility index (Phi) is 6.12. The molecule has 1 fully saturated rings. The molecular weight excluding hydrogens is 461 g/mol. The van der Waals surface area contributed by atoms with Gasteiger partial charge in [-0.25, -0.2) is 9.67 Å². The third-order valence-corrected chi connectivity index (χ3v) is 6.34. The first-order valence-corrected chi connectivity index (χ1v) is 10.9. The van der Waals surface area contributed by atoms with Gasteiger partial charge >= 0.3 is 6.18 Å². The van der Waals surface area contributed by atoms with Gasteiger partial charge in [0, 0.05) is 18.2 Å². The molecule has 4 rings (SSSR count). The van der Waals surface area contributed by atoms with Crippen LogP contribution in [0.3, 0.4) is 0 Å². The lowest BCUT2D eigenvalue weighted by atomic mass is 9.85. The SMILES string of the molecule is C[C@H]1C[C@@H](N2C(=O)C[C@@](C)(c3cccc(-c4cn(CC(F)(F)F)nn4)c3Cl)N=C2N)CCO1. The molecule has 1 saturated heterocycles. The fourth-order valence-corrected chi connectivity index (χ4v) is 4.86. The topological polar surface area (TPSA) is 98.6 Å². The maximum absolute atomic E-state index is 13.2.